The van der Waals surface area contributed by atoms with Gasteiger partial charge >= 0.3 is 0 Å². The molecule has 2 heteroatoms. The van der Waals surface area contributed by atoms with E-state index in [0.717, 1.165) is 5.92 Å². The number of hydrogen-bond acceptors (Lipinski definition) is 2. The van der Waals surface area contributed by atoms with E-state index < -0.39 is 0 Å². The molecule has 0 aliphatic heterocycles. The van der Waals surface area contributed by atoms with E-state index in [1.165, 1.54) is 42.7 Å². The molecule has 1 saturated carbocycles. The third-order valence-electron chi connectivity index (χ3n) is 3.30. The molecule has 1 aliphatic rings. The van der Waals surface area contributed by atoms with Crippen LogP contribution in [0.2, 0.25) is 0 Å². The Balaban J connectivity index is 2.12. The van der Waals surface area contributed by atoms with Crippen LogP contribution in [-0.2, 0) is 5.41 Å². The van der Waals surface area contributed by atoms with Gasteiger partial charge in [0.15, 0.2) is 0 Å². The summed E-state index contributed by atoms with van der Waals surface area (Å²) in [5.41, 5.74) is 1.48. The summed E-state index contributed by atoms with van der Waals surface area (Å²) in [6.45, 7) is 6.73. The van der Waals surface area contributed by atoms with E-state index >= 15 is 0 Å². The fourth-order valence-electron chi connectivity index (χ4n) is 2.22. The highest BCUT2D eigenvalue weighted by Gasteiger charge is 2.22. The van der Waals surface area contributed by atoms with Crippen LogP contribution in [0.15, 0.2) is 6.07 Å². The van der Waals surface area contributed by atoms with Crippen molar-refractivity contribution in [3.05, 3.63) is 16.6 Å². The summed E-state index contributed by atoms with van der Waals surface area (Å²) in [6.07, 6.45) is 7.01. The van der Waals surface area contributed by atoms with E-state index in [1.54, 1.807) is 11.5 Å². The van der Waals surface area contributed by atoms with Crippen LogP contribution in [0.5, 0.6) is 0 Å². The van der Waals surface area contributed by atoms with Crippen molar-refractivity contribution in [1.82, 2.24) is 4.37 Å². The van der Waals surface area contributed by atoms with Gasteiger partial charge in [-0.2, -0.15) is 4.37 Å². The van der Waals surface area contributed by atoms with Crippen LogP contribution in [0.1, 0.15) is 69.4 Å². The molecule has 0 atom stereocenters. The maximum atomic E-state index is 4.60. The Bertz CT molecular complexity index is 316. The summed E-state index contributed by atoms with van der Waals surface area (Å²) in [4.78, 5) is 1.53. The second-order valence-electron chi connectivity index (χ2n) is 5.70. The van der Waals surface area contributed by atoms with E-state index in [9.17, 15) is 0 Å². The van der Waals surface area contributed by atoms with Gasteiger partial charge in [0.05, 0.1) is 5.69 Å². The lowest BCUT2D eigenvalue weighted by Crippen LogP contribution is -2.11. The Hall–Kier alpha value is -0.370. The van der Waals surface area contributed by atoms with E-state index in [-0.39, 0.29) is 5.41 Å². The molecule has 0 N–H and O–H groups in total. The van der Waals surface area contributed by atoms with Crippen molar-refractivity contribution in [2.24, 2.45) is 0 Å². The predicted molar refractivity (Wildman–Crippen MR) is 66.6 cm³/mol. The van der Waals surface area contributed by atoms with Gasteiger partial charge < -0.3 is 0 Å². The molecule has 1 aromatic heterocycles. The Morgan fingerprint density at radius 2 is 1.87 bits per heavy atom. The first-order chi connectivity index (χ1) is 7.07. The number of rotatable bonds is 1. The van der Waals surface area contributed by atoms with Gasteiger partial charge in [-0.05, 0) is 36.4 Å². The minimum absolute atomic E-state index is 0.212. The van der Waals surface area contributed by atoms with Gasteiger partial charge in [-0.3, -0.25) is 0 Å². The first-order valence-electron chi connectivity index (χ1n) is 6.04. The van der Waals surface area contributed by atoms with Crippen LogP contribution in [0, 0.1) is 0 Å². The fourth-order valence-corrected chi connectivity index (χ4v) is 3.30. The van der Waals surface area contributed by atoms with Gasteiger partial charge in [-0.25, -0.2) is 0 Å². The summed E-state index contributed by atoms with van der Waals surface area (Å²) >= 11 is 1.73. The highest BCUT2D eigenvalue weighted by molar-refractivity contribution is 7.05. The summed E-state index contributed by atoms with van der Waals surface area (Å²) in [5.74, 6) is 0.812. The third-order valence-corrected chi connectivity index (χ3v) is 4.25. The molecule has 0 aromatic carbocycles. The molecule has 0 radical (unpaired) electrons. The minimum Gasteiger partial charge on any atom is -0.197 e. The molecule has 84 valence electrons. The first-order valence-corrected chi connectivity index (χ1v) is 6.82. The number of nitrogens with zero attached hydrogens (tertiary/aromatic N) is 1. The maximum Gasteiger partial charge on any atom is 0.0598 e. The molecule has 1 heterocycles. The second-order valence-corrected chi connectivity index (χ2v) is 6.54. The first kappa shape index (κ1) is 11.1. The normalized spacial score (nSPS) is 19.4. The molecule has 2 rings (SSSR count). The maximum absolute atomic E-state index is 4.60. The number of aromatic nitrogens is 1. The molecule has 0 amide bonds. The van der Waals surface area contributed by atoms with E-state index in [2.05, 4.69) is 31.2 Å². The lowest BCUT2D eigenvalue weighted by atomic mass is 9.86. The monoisotopic (exact) mass is 223 g/mol. The zero-order valence-corrected chi connectivity index (χ0v) is 10.9. The highest BCUT2D eigenvalue weighted by atomic mass is 32.1. The van der Waals surface area contributed by atoms with Crippen molar-refractivity contribution in [2.75, 3.05) is 0 Å². The number of hydrogen-bond donors (Lipinski definition) is 0. The molecule has 15 heavy (non-hydrogen) atoms. The standard InChI is InChI=1S/C13H21NS/c1-13(2,3)12-9-11(15-14-12)10-7-5-4-6-8-10/h9-10H,4-8H2,1-3H3. The molecule has 0 bridgehead atoms. The van der Waals surface area contributed by atoms with Gasteiger partial charge in [-0.1, -0.05) is 40.0 Å². The molecule has 1 nitrogen and oxygen atoms in total. The summed E-state index contributed by atoms with van der Waals surface area (Å²) in [5, 5.41) is 0. The van der Waals surface area contributed by atoms with Gasteiger partial charge in [-0.15, -0.1) is 0 Å². The van der Waals surface area contributed by atoms with Crippen LogP contribution in [0.4, 0.5) is 0 Å². The van der Waals surface area contributed by atoms with E-state index in [0.29, 0.717) is 0 Å². The van der Waals surface area contributed by atoms with Crippen molar-refractivity contribution in [2.45, 2.75) is 64.2 Å². The lowest BCUT2D eigenvalue weighted by Gasteiger charge is -2.19. The quantitative estimate of drug-likeness (QED) is 0.683. The molecular formula is C13H21NS. The van der Waals surface area contributed by atoms with Crippen molar-refractivity contribution in [3.8, 4) is 0 Å². The Labute approximate surface area is 97.1 Å². The molecule has 0 spiro atoms. The lowest BCUT2D eigenvalue weighted by molar-refractivity contribution is 0.448. The molecule has 1 aromatic rings. The highest BCUT2D eigenvalue weighted by Crippen LogP contribution is 2.36. The molecular weight excluding hydrogens is 202 g/mol. The van der Waals surface area contributed by atoms with Crippen molar-refractivity contribution in [3.63, 3.8) is 0 Å². The summed E-state index contributed by atoms with van der Waals surface area (Å²) < 4.78 is 4.60. The van der Waals surface area contributed by atoms with Gasteiger partial charge in [0.25, 0.3) is 0 Å². The molecule has 0 unspecified atom stereocenters. The van der Waals surface area contributed by atoms with Crippen molar-refractivity contribution in [1.29, 1.82) is 0 Å². The van der Waals surface area contributed by atoms with Gasteiger partial charge in [0.2, 0.25) is 0 Å². The summed E-state index contributed by atoms with van der Waals surface area (Å²) in [7, 11) is 0. The predicted octanol–water partition coefficient (Wildman–Crippen LogP) is 4.49. The zero-order valence-electron chi connectivity index (χ0n) is 10.0. The van der Waals surface area contributed by atoms with Crippen LogP contribution in [-0.4, -0.2) is 4.37 Å². The summed E-state index contributed by atoms with van der Waals surface area (Å²) in [6, 6.07) is 2.35. The molecule has 1 aliphatic carbocycles. The van der Waals surface area contributed by atoms with Crippen LogP contribution < -0.4 is 0 Å². The Morgan fingerprint density at radius 3 is 2.40 bits per heavy atom. The fraction of sp³-hybridized carbons (Fsp3) is 0.769. The Kier molecular flexibility index (Phi) is 3.15. The zero-order chi connectivity index (χ0) is 10.9. The van der Waals surface area contributed by atoms with Gasteiger partial charge in [0, 0.05) is 10.3 Å². The average Bonchev–Trinajstić information content (AvgIpc) is 2.67. The smallest absolute Gasteiger partial charge is 0.0598 e. The average molecular weight is 223 g/mol. The van der Waals surface area contributed by atoms with Crippen molar-refractivity contribution >= 4 is 11.5 Å². The van der Waals surface area contributed by atoms with E-state index in [4.69, 9.17) is 0 Å². The second kappa shape index (κ2) is 4.25. The van der Waals surface area contributed by atoms with Crippen LogP contribution >= 0.6 is 11.5 Å². The molecule has 0 saturated heterocycles. The minimum atomic E-state index is 0.212. The van der Waals surface area contributed by atoms with Crippen LogP contribution in [0.25, 0.3) is 0 Å². The molecule has 1 fully saturated rings. The Morgan fingerprint density at radius 1 is 1.20 bits per heavy atom. The third kappa shape index (κ3) is 2.60. The van der Waals surface area contributed by atoms with Gasteiger partial charge in [0.1, 0.15) is 0 Å². The van der Waals surface area contributed by atoms with Crippen LogP contribution in [0.3, 0.4) is 0 Å². The SMILES string of the molecule is CC(C)(C)c1cc(C2CCCCC2)sn1. The van der Waals surface area contributed by atoms with E-state index in [1.807, 2.05) is 0 Å². The van der Waals surface area contributed by atoms with Crippen molar-refractivity contribution < 1.29 is 0 Å². The topological polar surface area (TPSA) is 12.9 Å². The largest absolute Gasteiger partial charge is 0.197 e.